The van der Waals surface area contributed by atoms with Crippen LogP contribution in [0.15, 0.2) is 15.0 Å². The lowest BCUT2D eigenvalue weighted by atomic mass is 9.77. The molecule has 0 amide bonds. The molecule has 1 saturated heterocycles. The van der Waals surface area contributed by atoms with Crippen molar-refractivity contribution >= 4 is 25.5 Å². The van der Waals surface area contributed by atoms with Gasteiger partial charge in [0.2, 0.25) is 0 Å². The Hall–Kier alpha value is -1.12. The van der Waals surface area contributed by atoms with Gasteiger partial charge in [0.25, 0.3) is 0 Å². The first kappa shape index (κ1) is 20.6. The van der Waals surface area contributed by atoms with Crippen molar-refractivity contribution in [3.63, 3.8) is 0 Å². The minimum Gasteiger partial charge on any atom is -0.382 e. The van der Waals surface area contributed by atoms with E-state index in [-0.39, 0.29) is 24.0 Å². The van der Waals surface area contributed by atoms with Crippen molar-refractivity contribution < 1.29 is 18.3 Å². The van der Waals surface area contributed by atoms with Crippen LogP contribution in [0, 0.1) is 11.3 Å². The van der Waals surface area contributed by atoms with Crippen LogP contribution in [0.1, 0.15) is 34.1 Å². The Balaban J connectivity index is 1.49. The molecule has 3 rings (SSSR count). The minimum atomic E-state index is -3.25. The molecule has 3 aliphatic rings. The molecule has 0 spiro atoms. The largest absolute Gasteiger partial charge is 0.382 e. The second-order valence-electron chi connectivity index (χ2n) is 7.99. The zero-order valence-corrected chi connectivity index (χ0v) is 17.4. The summed E-state index contributed by atoms with van der Waals surface area (Å²) < 4.78 is 30.0. The van der Waals surface area contributed by atoms with Gasteiger partial charge in [0.15, 0.2) is 6.17 Å². The lowest BCUT2D eigenvalue weighted by Crippen LogP contribution is -2.44. The van der Waals surface area contributed by atoms with Crippen LogP contribution in [0.25, 0.3) is 0 Å². The Morgan fingerprint density at radius 1 is 1.44 bits per heavy atom. The van der Waals surface area contributed by atoms with Gasteiger partial charge in [-0.3, -0.25) is 14.5 Å². The van der Waals surface area contributed by atoms with Crippen LogP contribution >= 0.6 is 7.60 Å². The van der Waals surface area contributed by atoms with E-state index in [1.807, 2.05) is 11.8 Å². The van der Waals surface area contributed by atoms with Gasteiger partial charge in [0, 0.05) is 6.54 Å². The maximum absolute atomic E-state index is 12.9. The fraction of sp³-hybridized carbons (Fsp3) is 0.824. The van der Waals surface area contributed by atoms with Gasteiger partial charge < -0.3 is 19.5 Å². The van der Waals surface area contributed by atoms with Gasteiger partial charge in [0.1, 0.15) is 24.2 Å². The average molecular weight is 399 g/mol. The fourth-order valence-electron chi connectivity index (χ4n) is 3.16. The fourth-order valence-corrected chi connectivity index (χ4v) is 4.69. The Morgan fingerprint density at radius 2 is 2.22 bits per heavy atom. The molecule has 0 aromatic heterocycles. The molecule has 0 aromatic rings. The van der Waals surface area contributed by atoms with Crippen molar-refractivity contribution in [3.05, 3.63) is 0 Å². The molecule has 0 aromatic carbocycles. The highest BCUT2D eigenvalue weighted by Gasteiger charge is 2.39. The number of rotatable bonds is 6. The molecule has 3 aliphatic heterocycles. The van der Waals surface area contributed by atoms with Crippen molar-refractivity contribution in [2.75, 3.05) is 32.8 Å². The third-order valence-electron chi connectivity index (χ3n) is 5.64. The number of amidine groups is 1. The van der Waals surface area contributed by atoms with Crippen molar-refractivity contribution in [1.82, 2.24) is 4.90 Å². The molecule has 27 heavy (non-hydrogen) atoms. The number of aliphatic imine (C=N–C) groups is 3. The standard InChI is InChI=1S/C17H30N5O4P/c1-12(2)17(4)5-6-25-27(23,26-8-17)11-24-13(3)7-22-10-21-14-15(18)19-9-20-16(14)22/h9,12-13,16H,5-8,10-11H2,1-4H3,(H2,18,19,20)/t13-,16?,17?,27?/m0/s1. The minimum absolute atomic E-state index is 0.0401. The maximum atomic E-state index is 12.9. The van der Waals surface area contributed by atoms with Gasteiger partial charge in [-0.25, -0.2) is 9.98 Å². The summed E-state index contributed by atoms with van der Waals surface area (Å²) in [5, 5.41) is 0. The molecule has 2 N–H and O–H groups in total. The molecule has 0 saturated carbocycles. The number of nitrogens with two attached hydrogens (primary N) is 1. The van der Waals surface area contributed by atoms with Crippen LogP contribution < -0.4 is 5.73 Å². The predicted molar refractivity (Wildman–Crippen MR) is 105 cm³/mol. The van der Waals surface area contributed by atoms with Crippen LogP contribution in [0.5, 0.6) is 0 Å². The summed E-state index contributed by atoms with van der Waals surface area (Å²) in [5.74, 6) is 0.827. The molecule has 152 valence electrons. The summed E-state index contributed by atoms with van der Waals surface area (Å²) in [6, 6.07) is 0. The molecular weight excluding hydrogens is 369 g/mol. The third kappa shape index (κ3) is 4.66. The molecule has 0 aliphatic carbocycles. The third-order valence-corrected chi connectivity index (χ3v) is 7.20. The van der Waals surface area contributed by atoms with Gasteiger partial charge in [-0.15, -0.1) is 0 Å². The lowest BCUT2D eigenvalue weighted by Gasteiger charge is -2.31. The van der Waals surface area contributed by atoms with Gasteiger partial charge in [-0.1, -0.05) is 20.8 Å². The van der Waals surface area contributed by atoms with Crippen molar-refractivity contribution in [3.8, 4) is 0 Å². The van der Waals surface area contributed by atoms with E-state index in [2.05, 4.69) is 35.7 Å². The summed E-state index contributed by atoms with van der Waals surface area (Å²) >= 11 is 0. The number of nitrogens with zero attached hydrogens (tertiary/aromatic N) is 4. The predicted octanol–water partition coefficient (Wildman–Crippen LogP) is 2.08. The van der Waals surface area contributed by atoms with E-state index in [4.69, 9.17) is 19.5 Å². The first-order valence-corrected chi connectivity index (χ1v) is 11.1. The number of ether oxygens (including phenoxy) is 1. The van der Waals surface area contributed by atoms with Crippen LogP contribution in [-0.4, -0.2) is 67.8 Å². The number of fused-ring (bicyclic) bond motifs is 1. The molecule has 0 radical (unpaired) electrons. The lowest BCUT2D eigenvalue weighted by molar-refractivity contribution is 0.0476. The Bertz CT molecular complexity index is 695. The smallest absolute Gasteiger partial charge is 0.356 e. The van der Waals surface area contributed by atoms with E-state index in [1.165, 1.54) is 6.34 Å². The number of hydrogen-bond acceptors (Lipinski definition) is 9. The van der Waals surface area contributed by atoms with E-state index in [0.29, 0.717) is 43.9 Å². The van der Waals surface area contributed by atoms with E-state index in [0.717, 1.165) is 6.42 Å². The summed E-state index contributed by atoms with van der Waals surface area (Å²) in [7, 11) is -3.25. The first-order valence-electron chi connectivity index (χ1n) is 9.36. The van der Waals surface area contributed by atoms with E-state index < -0.39 is 7.60 Å². The van der Waals surface area contributed by atoms with Gasteiger partial charge >= 0.3 is 7.60 Å². The Labute approximate surface area is 160 Å². The molecule has 9 nitrogen and oxygen atoms in total. The number of hydrogen-bond donors (Lipinski definition) is 1. The SMILES string of the molecule is CC(C)C1(C)CCOP(=O)(CO[C@@H](C)CN2CN=C3C(N)=NC=NC32)OC1. The zero-order valence-electron chi connectivity index (χ0n) is 16.5. The van der Waals surface area contributed by atoms with Crippen LogP contribution in [0.2, 0.25) is 0 Å². The summed E-state index contributed by atoms with van der Waals surface area (Å²) in [6.45, 7) is 10.3. The van der Waals surface area contributed by atoms with Crippen LogP contribution in [0.3, 0.4) is 0 Å². The molecule has 1 fully saturated rings. The first-order chi connectivity index (χ1) is 12.7. The molecular formula is C17H30N5O4P. The van der Waals surface area contributed by atoms with Crippen molar-refractivity contribution in [2.24, 2.45) is 32.0 Å². The molecule has 3 heterocycles. The topological polar surface area (TPSA) is 111 Å². The van der Waals surface area contributed by atoms with E-state index >= 15 is 0 Å². The highest BCUT2D eigenvalue weighted by Crippen LogP contribution is 2.53. The monoisotopic (exact) mass is 399 g/mol. The Kier molecular flexibility index (Phi) is 6.17. The van der Waals surface area contributed by atoms with E-state index in [9.17, 15) is 4.57 Å². The van der Waals surface area contributed by atoms with E-state index in [1.54, 1.807) is 0 Å². The molecule has 4 atom stereocenters. The highest BCUT2D eigenvalue weighted by molar-refractivity contribution is 7.53. The van der Waals surface area contributed by atoms with Crippen LogP contribution in [-0.2, 0) is 18.3 Å². The van der Waals surface area contributed by atoms with Crippen molar-refractivity contribution in [1.29, 1.82) is 0 Å². The zero-order chi connectivity index (χ0) is 19.7. The second-order valence-corrected chi connectivity index (χ2v) is 9.99. The average Bonchev–Trinajstić information content (AvgIpc) is 2.95. The Morgan fingerprint density at radius 3 is 2.96 bits per heavy atom. The van der Waals surface area contributed by atoms with Crippen molar-refractivity contribution in [2.45, 2.75) is 46.4 Å². The summed E-state index contributed by atoms with van der Waals surface area (Å²) in [6.07, 6.45) is 1.82. The quantitative estimate of drug-likeness (QED) is 0.685. The molecule has 3 unspecified atom stereocenters. The maximum Gasteiger partial charge on any atom is 0.356 e. The van der Waals surface area contributed by atoms with Gasteiger partial charge in [0.05, 0.1) is 26.0 Å². The normalized spacial score (nSPS) is 35.5. The summed E-state index contributed by atoms with van der Waals surface area (Å²) in [5.41, 5.74) is 6.50. The van der Waals surface area contributed by atoms with Crippen LogP contribution in [0.4, 0.5) is 0 Å². The molecule has 0 bridgehead atoms. The van der Waals surface area contributed by atoms with Gasteiger partial charge in [-0.05, 0) is 24.7 Å². The second kappa shape index (κ2) is 8.09. The highest BCUT2D eigenvalue weighted by atomic mass is 31.2. The summed E-state index contributed by atoms with van der Waals surface area (Å²) in [4.78, 5) is 14.7. The van der Waals surface area contributed by atoms with Gasteiger partial charge in [-0.2, -0.15) is 0 Å². The molecule has 10 heteroatoms.